The third-order valence-electron chi connectivity index (χ3n) is 11.1. The van der Waals surface area contributed by atoms with Crippen molar-refractivity contribution in [1.82, 2.24) is 30.3 Å². The lowest BCUT2D eigenvalue weighted by Crippen LogP contribution is -2.38. The molecule has 1 atom stereocenters. The van der Waals surface area contributed by atoms with Gasteiger partial charge in [-0.3, -0.25) is 24.2 Å². The number of aliphatic imine (C=N–C) groups is 1. The maximum absolute atomic E-state index is 13.2. The first-order valence-electron chi connectivity index (χ1n) is 20.7. The molecule has 3 aliphatic rings. The molecule has 0 aliphatic carbocycles. The van der Waals surface area contributed by atoms with Crippen LogP contribution in [-0.2, 0) is 23.8 Å². The Morgan fingerprint density at radius 2 is 1.56 bits per heavy atom. The second-order valence-corrected chi connectivity index (χ2v) is 17.8. The fourth-order valence-electron chi connectivity index (χ4n) is 7.64. The van der Waals surface area contributed by atoms with Crippen molar-refractivity contribution in [3.05, 3.63) is 90.7 Å². The van der Waals surface area contributed by atoms with Crippen molar-refractivity contribution >= 4 is 75.2 Å². The van der Waals surface area contributed by atoms with E-state index in [4.69, 9.17) is 54.0 Å². The van der Waals surface area contributed by atoms with Crippen LogP contribution in [0.3, 0.4) is 0 Å². The number of carbonyl (C=O) groups excluding carboxylic acids is 2. The summed E-state index contributed by atoms with van der Waals surface area (Å²) in [7, 11) is 0. The number of aryl methyl sites for hydroxylation is 2. The van der Waals surface area contributed by atoms with Crippen LogP contribution in [0.15, 0.2) is 52.6 Å². The predicted molar refractivity (Wildman–Crippen MR) is 241 cm³/mol. The second-order valence-electron chi connectivity index (χ2n) is 15.4. The van der Waals surface area contributed by atoms with E-state index in [9.17, 15) is 9.59 Å². The van der Waals surface area contributed by atoms with Gasteiger partial charge in [0.05, 0.1) is 67.5 Å². The number of aromatic nitrogens is 3. The number of nitrogens with zero attached hydrogens (tertiary/aromatic N) is 7. The molecule has 0 unspecified atom stereocenters. The van der Waals surface area contributed by atoms with E-state index in [2.05, 4.69) is 44.7 Å². The minimum absolute atomic E-state index is 0.0143. The van der Waals surface area contributed by atoms with Gasteiger partial charge in [0.1, 0.15) is 22.7 Å². The number of piperidine rings is 1. The van der Waals surface area contributed by atoms with Crippen LogP contribution >= 0.6 is 46.1 Å². The van der Waals surface area contributed by atoms with E-state index in [1.54, 1.807) is 23.5 Å². The Morgan fingerprint density at radius 3 is 2.30 bits per heavy atom. The zero-order valence-corrected chi connectivity index (χ0v) is 37.8. The molecule has 0 bridgehead atoms. The number of likely N-dealkylation sites (tertiary alicyclic amines) is 1. The molecule has 2 aromatic heterocycles. The molecule has 1 saturated heterocycles. The zero-order chi connectivity index (χ0) is 42.9. The van der Waals surface area contributed by atoms with Gasteiger partial charge in [0.2, 0.25) is 11.8 Å². The molecule has 3 aliphatic heterocycles. The van der Waals surface area contributed by atoms with Gasteiger partial charge in [-0.2, -0.15) is 5.10 Å². The third kappa shape index (κ3) is 11.8. The summed E-state index contributed by atoms with van der Waals surface area (Å²) in [6.45, 7) is 12.7. The lowest BCUT2D eigenvalue weighted by molar-refractivity contribution is -0.122. The van der Waals surface area contributed by atoms with E-state index in [1.165, 1.54) is 4.88 Å². The number of hydrazone groups is 1. The molecule has 5 heterocycles. The summed E-state index contributed by atoms with van der Waals surface area (Å²) < 4.78 is 19.2. The maximum Gasteiger partial charge on any atom is 0.225 e. The topological polar surface area (TPSA) is 148 Å². The second kappa shape index (κ2) is 21.4. The smallest absolute Gasteiger partial charge is 0.225 e. The van der Waals surface area contributed by atoms with Crippen LogP contribution in [0.1, 0.15) is 71.4 Å². The van der Waals surface area contributed by atoms with Gasteiger partial charge in [0.15, 0.2) is 5.82 Å². The molecule has 4 aromatic rings. The van der Waals surface area contributed by atoms with Crippen LogP contribution in [0, 0.1) is 26.7 Å². The molecule has 326 valence electrons. The number of amides is 2. The first kappa shape index (κ1) is 45.1. The largest absolute Gasteiger partial charge is 0.378 e. The van der Waals surface area contributed by atoms with Crippen molar-refractivity contribution in [2.75, 3.05) is 77.4 Å². The third-order valence-corrected chi connectivity index (χ3v) is 13.3. The number of ether oxygens (including phenoxy) is 3. The molecule has 2 aromatic carbocycles. The Labute approximate surface area is 375 Å². The van der Waals surface area contributed by atoms with Crippen LogP contribution in [0.4, 0.5) is 5.69 Å². The number of fused-ring (bicyclic) bond motifs is 3. The lowest BCUT2D eigenvalue weighted by atomic mass is 9.93. The van der Waals surface area contributed by atoms with Gasteiger partial charge in [-0.15, -0.1) is 21.5 Å². The summed E-state index contributed by atoms with van der Waals surface area (Å²) in [5.41, 5.74) is 4.75. The molecule has 0 saturated carbocycles. The highest BCUT2D eigenvalue weighted by Gasteiger charge is 2.32. The first-order chi connectivity index (χ1) is 29.5. The van der Waals surface area contributed by atoms with Crippen LogP contribution in [-0.4, -0.2) is 115 Å². The molecule has 14 nitrogen and oxygen atoms in total. The molecule has 0 spiro atoms. The zero-order valence-electron chi connectivity index (χ0n) is 34.7. The molecule has 0 radical (unpaired) electrons. The predicted octanol–water partition coefficient (Wildman–Crippen LogP) is 7.10. The number of hydrogen-bond acceptors (Lipinski definition) is 12. The quantitative estimate of drug-likeness (QED) is 0.0998. The summed E-state index contributed by atoms with van der Waals surface area (Å²) in [5, 5.41) is 23.8. The van der Waals surface area contributed by atoms with Gasteiger partial charge in [0.25, 0.3) is 0 Å². The van der Waals surface area contributed by atoms with Gasteiger partial charge in [0, 0.05) is 53.5 Å². The molecule has 2 N–H and O–H groups in total. The monoisotopic (exact) mass is 911 g/mol. The van der Waals surface area contributed by atoms with Crippen LogP contribution < -0.4 is 15.6 Å². The minimum Gasteiger partial charge on any atom is -0.378 e. The number of rotatable bonds is 18. The lowest BCUT2D eigenvalue weighted by Gasteiger charge is -2.31. The fraction of sp³-hybridized carbons (Fsp3) is 0.488. The van der Waals surface area contributed by atoms with E-state index in [-0.39, 0.29) is 18.2 Å². The Bertz CT molecular complexity index is 2220. The van der Waals surface area contributed by atoms with Crippen molar-refractivity contribution in [1.29, 1.82) is 0 Å². The highest BCUT2D eigenvalue weighted by molar-refractivity contribution is 7.15. The van der Waals surface area contributed by atoms with Crippen molar-refractivity contribution in [2.45, 2.75) is 58.9 Å². The summed E-state index contributed by atoms with van der Waals surface area (Å²) >= 11 is 20.1. The van der Waals surface area contributed by atoms with Gasteiger partial charge in [-0.25, -0.2) is 0 Å². The van der Waals surface area contributed by atoms with Crippen LogP contribution in [0.25, 0.3) is 5.00 Å². The summed E-state index contributed by atoms with van der Waals surface area (Å²) in [4.78, 5) is 34.7. The summed E-state index contributed by atoms with van der Waals surface area (Å²) in [6, 6.07) is 12.5. The fourth-order valence-corrected chi connectivity index (χ4v) is 9.28. The molecule has 1 fully saturated rings. The highest BCUT2D eigenvalue weighted by Crippen LogP contribution is 2.39. The van der Waals surface area contributed by atoms with E-state index in [0.29, 0.717) is 98.2 Å². The number of nitrogens with one attached hydrogen (secondary N) is 2. The maximum atomic E-state index is 13.2. The SMILES string of the molecule is Cc1sc2c(c1C)C(c1ccc(Cl)cc1)=N[C@@H](CC(=O)NCCOCCOCCOCCN1CCC(CC(=O)NC3=NN(c4ccc(Cl)c(Cl)c4)CC3)CC1)c1nnc(C)n1-2. The van der Waals surface area contributed by atoms with E-state index >= 15 is 0 Å². The van der Waals surface area contributed by atoms with E-state index < -0.39 is 6.04 Å². The number of amidine groups is 1. The van der Waals surface area contributed by atoms with Crippen LogP contribution in [0.5, 0.6) is 0 Å². The number of benzene rings is 2. The van der Waals surface area contributed by atoms with Crippen LogP contribution in [0.2, 0.25) is 15.1 Å². The number of carbonyl (C=O) groups is 2. The van der Waals surface area contributed by atoms with Gasteiger partial charge in [-0.05, 0) is 88.5 Å². The average molecular weight is 913 g/mol. The molecule has 18 heteroatoms. The Kier molecular flexibility index (Phi) is 15.8. The highest BCUT2D eigenvalue weighted by atomic mass is 35.5. The van der Waals surface area contributed by atoms with Gasteiger partial charge >= 0.3 is 0 Å². The normalized spacial score (nSPS) is 16.8. The standard InChI is InChI=1S/C43H52Cl3N9O5S/c1-27-28(2)61-43-40(27)41(31-4-6-32(44)7-5-31)48-36(42-51-50-29(3)55(42)43)26-38(56)47-13-18-58-20-22-60-23-21-59-19-17-53-14-10-30(11-15-53)24-39(57)49-37-12-16-54(52-37)33-8-9-34(45)35(46)25-33/h4-9,25,30,36H,10-24,26H2,1-3H3,(H,47,56)(H,49,52,57)/t36-/m0/s1. The number of halogens is 3. The molecular formula is C43H52Cl3N9O5S. The minimum atomic E-state index is -0.533. The number of hydrogen-bond donors (Lipinski definition) is 2. The van der Waals surface area contributed by atoms with Gasteiger partial charge < -0.3 is 29.7 Å². The number of anilines is 1. The summed E-state index contributed by atoms with van der Waals surface area (Å²) in [5.74, 6) is 2.28. The van der Waals surface area contributed by atoms with E-state index in [1.807, 2.05) is 46.8 Å². The molecule has 2 amide bonds. The van der Waals surface area contributed by atoms with Crippen molar-refractivity contribution in [2.24, 2.45) is 16.0 Å². The molecule has 61 heavy (non-hydrogen) atoms. The molecule has 7 rings (SSSR count). The van der Waals surface area contributed by atoms with Gasteiger partial charge in [-0.1, -0.05) is 46.9 Å². The summed E-state index contributed by atoms with van der Waals surface area (Å²) in [6.07, 6.45) is 3.23. The van der Waals surface area contributed by atoms with Crippen molar-refractivity contribution in [3.8, 4) is 5.00 Å². The Hall–Kier alpha value is -3.93. The first-order valence-corrected chi connectivity index (χ1v) is 22.7. The van der Waals surface area contributed by atoms with Crippen molar-refractivity contribution in [3.63, 3.8) is 0 Å². The average Bonchev–Trinajstić information content (AvgIpc) is 3.92. The Morgan fingerprint density at radius 1 is 0.836 bits per heavy atom. The molecular weight excluding hydrogens is 861 g/mol. The number of thiophene rings is 1. The van der Waals surface area contributed by atoms with E-state index in [0.717, 1.165) is 71.4 Å². The van der Waals surface area contributed by atoms with Crippen molar-refractivity contribution < 1.29 is 23.8 Å². The Balaban J connectivity index is 0.729.